The maximum absolute atomic E-state index is 11.0. The summed E-state index contributed by atoms with van der Waals surface area (Å²) < 4.78 is 11.9. The summed E-state index contributed by atoms with van der Waals surface area (Å²) in [5.41, 5.74) is 4.27. The molecule has 0 amide bonds. The van der Waals surface area contributed by atoms with Crippen molar-refractivity contribution in [2.24, 2.45) is 17.3 Å². The molecule has 5 rings (SSSR count). The number of rotatable bonds is 6. The molecule has 31 heavy (non-hydrogen) atoms. The third-order valence-electron chi connectivity index (χ3n) is 8.27. The first-order valence-electron chi connectivity index (χ1n) is 11.7. The average Bonchev–Trinajstić information content (AvgIpc) is 3.13. The Hall–Kier alpha value is -2.33. The van der Waals surface area contributed by atoms with E-state index in [4.69, 9.17) is 14.6 Å². The lowest BCUT2D eigenvalue weighted by Crippen LogP contribution is -2.45. The van der Waals surface area contributed by atoms with E-state index in [0.29, 0.717) is 24.4 Å². The number of aliphatic carboxylic acids is 1. The summed E-state index contributed by atoms with van der Waals surface area (Å²) >= 11 is 0. The van der Waals surface area contributed by atoms with Crippen LogP contribution in [0.25, 0.3) is 0 Å². The molecule has 164 valence electrons. The fourth-order valence-electron chi connectivity index (χ4n) is 6.79. The van der Waals surface area contributed by atoms with Gasteiger partial charge in [0, 0.05) is 0 Å². The predicted molar refractivity (Wildman–Crippen MR) is 119 cm³/mol. The SMILES string of the molecule is C[C@]12CCC3c4ccc(OCc5ccccc5)cc4CCC3C1CC[C@@H]2OCC(=O)O. The Balaban J connectivity index is 1.29. The molecule has 2 aromatic rings. The lowest BCUT2D eigenvalue weighted by Gasteiger charge is -2.50. The lowest BCUT2D eigenvalue weighted by molar-refractivity contribution is -0.148. The summed E-state index contributed by atoms with van der Waals surface area (Å²) in [6, 6.07) is 17.0. The van der Waals surface area contributed by atoms with Gasteiger partial charge in [-0.2, -0.15) is 0 Å². The van der Waals surface area contributed by atoms with Gasteiger partial charge in [0.1, 0.15) is 19.0 Å². The number of hydrogen-bond acceptors (Lipinski definition) is 3. The number of carboxylic acids is 1. The van der Waals surface area contributed by atoms with Crippen LogP contribution in [0.3, 0.4) is 0 Å². The smallest absolute Gasteiger partial charge is 0.329 e. The van der Waals surface area contributed by atoms with Gasteiger partial charge in [-0.25, -0.2) is 4.79 Å². The van der Waals surface area contributed by atoms with Gasteiger partial charge in [0.15, 0.2) is 0 Å². The zero-order chi connectivity index (χ0) is 21.4. The number of carboxylic acid groups (broad SMARTS) is 1. The van der Waals surface area contributed by atoms with Gasteiger partial charge in [0.2, 0.25) is 0 Å². The highest BCUT2D eigenvalue weighted by Gasteiger charge is 2.55. The Morgan fingerprint density at radius 3 is 2.74 bits per heavy atom. The molecule has 2 saturated carbocycles. The molecule has 2 fully saturated rings. The van der Waals surface area contributed by atoms with E-state index >= 15 is 0 Å². The number of benzene rings is 2. The summed E-state index contributed by atoms with van der Waals surface area (Å²) in [4.78, 5) is 11.0. The second-order valence-electron chi connectivity index (χ2n) is 9.87. The summed E-state index contributed by atoms with van der Waals surface area (Å²) in [6.07, 6.45) is 6.85. The standard InChI is InChI=1S/C27H32O4/c1-27-14-13-22-21-10-8-20(30-16-18-5-3-2-4-6-18)15-19(21)7-9-23(22)24(27)11-12-25(27)31-17-26(28)29/h2-6,8,10,15,22-25H,7,9,11-14,16-17H2,1H3,(H,28,29)/t22?,23?,24?,25-,27-/m0/s1. The van der Waals surface area contributed by atoms with E-state index in [1.807, 2.05) is 18.2 Å². The Morgan fingerprint density at radius 2 is 1.94 bits per heavy atom. The van der Waals surface area contributed by atoms with Crippen molar-refractivity contribution in [1.82, 2.24) is 0 Å². The molecule has 0 spiro atoms. The summed E-state index contributed by atoms with van der Waals surface area (Å²) in [5.74, 6) is 2.03. The van der Waals surface area contributed by atoms with E-state index in [2.05, 4.69) is 37.3 Å². The zero-order valence-corrected chi connectivity index (χ0v) is 18.3. The number of ether oxygens (including phenoxy) is 2. The Labute approximate surface area is 184 Å². The molecule has 4 nitrogen and oxygen atoms in total. The molecule has 0 radical (unpaired) electrons. The van der Waals surface area contributed by atoms with Gasteiger partial charge in [-0.1, -0.05) is 43.3 Å². The van der Waals surface area contributed by atoms with Crippen molar-refractivity contribution in [2.45, 2.75) is 64.1 Å². The van der Waals surface area contributed by atoms with E-state index in [-0.39, 0.29) is 18.1 Å². The molecule has 0 heterocycles. The van der Waals surface area contributed by atoms with Crippen LogP contribution in [-0.4, -0.2) is 23.8 Å². The third kappa shape index (κ3) is 3.87. The van der Waals surface area contributed by atoms with Crippen molar-refractivity contribution < 1.29 is 19.4 Å². The molecule has 2 aromatic carbocycles. The lowest BCUT2D eigenvalue weighted by atomic mass is 9.55. The van der Waals surface area contributed by atoms with Crippen molar-refractivity contribution in [2.75, 3.05) is 6.61 Å². The maximum atomic E-state index is 11.0. The number of aryl methyl sites for hydroxylation is 1. The van der Waals surface area contributed by atoms with Gasteiger partial charge in [0.25, 0.3) is 0 Å². The van der Waals surface area contributed by atoms with Crippen LogP contribution in [0.1, 0.15) is 61.6 Å². The Kier molecular flexibility index (Phi) is 5.51. The second kappa shape index (κ2) is 8.31. The zero-order valence-electron chi connectivity index (χ0n) is 18.3. The monoisotopic (exact) mass is 420 g/mol. The fourth-order valence-corrected chi connectivity index (χ4v) is 6.79. The van der Waals surface area contributed by atoms with Gasteiger partial charge in [0.05, 0.1) is 6.10 Å². The average molecular weight is 421 g/mol. The molecule has 5 atom stereocenters. The van der Waals surface area contributed by atoms with E-state index in [1.165, 1.54) is 29.5 Å². The van der Waals surface area contributed by atoms with Crippen molar-refractivity contribution in [3.05, 3.63) is 65.2 Å². The largest absolute Gasteiger partial charge is 0.489 e. The molecule has 0 aromatic heterocycles. The third-order valence-corrected chi connectivity index (χ3v) is 8.27. The highest BCUT2D eigenvalue weighted by atomic mass is 16.5. The summed E-state index contributed by atoms with van der Waals surface area (Å²) in [6.45, 7) is 2.78. The van der Waals surface area contributed by atoms with Crippen LogP contribution >= 0.6 is 0 Å². The van der Waals surface area contributed by atoms with E-state index in [1.54, 1.807) is 0 Å². The molecule has 1 N–H and O–H groups in total. The van der Waals surface area contributed by atoms with Crippen LogP contribution in [0.2, 0.25) is 0 Å². The van der Waals surface area contributed by atoms with Gasteiger partial charge >= 0.3 is 5.97 Å². The first-order valence-corrected chi connectivity index (χ1v) is 11.7. The number of carbonyl (C=O) groups is 1. The normalized spacial score (nSPS) is 31.4. The first kappa shape index (κ1) is 20.6. The highest BCUT2D eigenvalue weighted by molar-refractivity contribution is 5.68. The van der Waals surface area contributed by atoms with Gasteiger partial charge < -0.3 is 14.6 Å². The van der Waals surface area contributed by atoms with Gasteiger partial charge in [-0.3, -0.25) is 0 Å². The van der Waals surface area contributed by atoms with Gasteiger partial charge in [-0.05, 0) is 90.5 Å². The van der Waals surface area contributed by atoms with Crippen LogP contribution in [0, 0.1) is 17.3 Å². The first-order chi connectivity index (χ1) is 15.0. The second-order valence-corrected chi connectivity index (χ2v) is 9.87. The topological polar surface area (TPSA) is 55.8 Å². The Bertz CT molecular complexity index is 940. The van der Waals surface area contributed by atoms with Crippen molar-refractivity contribution >= 4 is 5.97 Å². The summed E-state index contributed by atoms with van der Waals surface area (Å²) in [7, 11) is 0. The van der Waals surface area contributed by atoms with Crippen molar-refractivity contribution in [3.63, 3.8) is 0 Å². The van der Waals surface area contributed by atoms with E-state index in [9.17, 15) is 4.79 Å². The molecule has 3 unspecified atom stereocenters. The van der Waals surface area contributed by atoms with Crippen molar-refractivity contribution in [1.29, 1.82) is 0 Å². The molecular formula is C27H32O4. The molecule has 0 saturated heterocycles. The maximum Gasteiger partial charge on any atom is 0.329 e. The van der Waals surface area contributed by atoms with Crippen LogP contribution in [-0.2, 0) is 22.6 Å². The number of fused-ring (bicyclic) bond motifs is 5. The van der Waals surface area contributed by atoms with Crippen LogP contribution in [0.15, 0.2) is 48.5 Å². The quantitative estimate of drug-likeness (QED) is 0.662. The minimum atomic E-state index is -0.863. The minimum Gasteiger partial charge on any atom is -0.489 e. The molecule has 3 aliphatic carbocycles. The van der Waals surface area contributed by atoms with Crippen molar-refractivity contribution in [3.8, 4) is 5.75 Å². The Morgan fingerprint density at radius 1 is 1.10 bits per heavy atom. The summed E-state index contributed by atoms with van der Waals surface area (Å²) in [5, 5.41) is 9.04. The highest BCUT2D eigenvalue weighted by Crippen LogP contribution is 2.61. The van der Waals surface area contributed by atoms with Crippen LogP contribution in [0.5, 0.6) is 5.75 Å². The predicted octanol–water partition coefficient (Wildman–Crippen LogP) is 5.59. The molecule has 0 aliphatic heterocycles. The molecular weight excluding hydrogens is 388 g/mol. The molecule has 3 aliphatic rings. The molecule has 0 bridgehead atoms. The van der Waals surface area contributed by atoms with Crippen LogP contribution < -0.4 is 4.74 Å². The van der Waals surface area contributed by atoms with Gasteiger partial charge in [-0.15, -0.1) is 0 Å². The molecule has 4 heteroatoms. The fraction of sp³-hybridized carbons (Fsp3) is 0.519. The van der Waals surface area contributed by atoms with E-state index < -0.39 is 5.97 Å². The number of hydrogen-bond donors (Lipinski definition) is 1. The van der Waals surface area contributed by atoms with E-state index in [0.717, 1.165) is 31.4 Å². The van der Waals surface area contributed by atoms with Crippen LogP contribution in [0.4, 0.5) is 0 Å². The minimum absolute atomic E-state index is 0.0877.